The molecular weight excluding hydrogens is 308 g/mol. The summed E-state index contributed by atoms with van der Waals surface area (Å²) in [5.74, 6) is -1.17. The first-order chi connectivity index (χ1) is 11.3. The third-order valence-corrected chi connectivity index (χ3v) is 4.00. The summed E-state index contributed by atoms with van der Waals surface area (Å²) in [6.45, 7) is 5.74. The van der Waals surface area contributed by atoms with Gasteiger partial charge in [-0.05, 0) is 55.4 Å². The third kappa shape index (κ3) is 4.81. The van der Waals surface area contributed by atoms with Crippen molar-refractivity contribution in [3.63, 3.8) is 0 Å². The smallest absolute Gasteiger partial charge is 0.326 e. The molecule has 1 atom stereocenters. The van der Waals surface area contributed by atoms with Gasteiger partial charge in [0.05, 0.1) is 0 Å². The number of nitrogens with one attached hydrogen (secondary N) is 2. The number of carbonyl (C=O) groups excluding carboxylic acids is 2. The molecule has 2 rings (SSSR count). The Bertz CT molecular complexity index is 650. The van der Waals surface area contributed by atoms with Crippen LogP contribution in [0, 0.1) is 18.8 Å². The Kier molecular flexibility index (Phi) is 5.59. The summed E-state index contributed by atoms with van der Waals surface area (Å²) < 4.78 is 0. The number of aliphatic carboxylic acids is 1. The molecule has 0 saturated heterocycles. The predicted octanol–water partition coefficient (Wildman–Crippen LogP) is 2.57. The van der Waals surface area contributed by atoms with Crippen LogP contribution in [0.4, 0.5) is 5.69 Å². The first kappa shape index (κ1) is 18.0. The van der Waals surface area contributed by atoms with Crippen LogP contribution in [0.1, 0.15) is 49.0 Å². The number of amides is 2. The summed E-state index contributed by atoms with van der Waals surface area (Å²) in [7, 11) is 0. The normalized spacial score (nSPS) is 15.0. The van der Waals surface area contributed by atoms with Gasteiger partial charge in [-0.25, -0.2) is 4.79 Å². The highest BCUT2D eigenvalue weighted by Gasteiger charge is 2.37. The van der Waals surface area contributed by atoms with Gasteiger partial charge in [0.15, 0.2) is 0 Å². The lowest BCUT2D eigenvalue weighted by Gasteiger charge is -2.15. The molecule has 130 valence electrons. The van der Waals surface area contributed by atoms with E-state index in [0.29, 0.717) is 17.7 Å². The molecule has 0 aromatic heterocycles. The zero-order chi connectivity index (χ0) is 17.9. The van der Waals surface area contributed by atoms with Crippen LogP contribution < -0.4 is 10.6 Å². The summed E-state index contributed by atoms with van der Waals surface area (Å²) >= 11 is 0. The molecule has 3 N–H and O–H groups in total. The first-order valence-corrected chi connectivity index (χ1v) is 8.22. The van der Waals surface area contributed by atoms with Gasteiger partial charge in [-0.3, -0.25) is 9.59 Å². The predicted molar refractivity (Wildman–Crippen MR) is 90.9 cm³/mol. The van der Waals surface area contributed by atoms with Gasteiger partial charge in [0, 0.05) is 17.7 Å². The van der Waals surface area contributed by atoms with E-state index in [2.05, 4.69) is 10.6 Å². The molecule has 6 heteroatoms. The fraction of sp³-hybridized carbons (Fsp3) is 0.500. The number of benzene rings is 1. The maximum absolute atomic E-state index is 12.3. The maximum atomic E-state index is 12.3. The Balaban J connectivity index is 2.04. The Morgan fingerprint density at radius 2 is 1.92 bits per heavy atom. The number of hydrogen-bond donors (Lipinski definition) is 3. The Labute approximate surface area is 141 Å². The average Bonchev–Trinajstić information content (AvgIpc) is 3.30. The SMILES string of the molecule is Cc1cc(C(=O)NC(C(=O)O)C2CC2)ccc1NC(=O)CC(C)C. The van der Waals surface area contributed by atoms with Gasteiger partial charge in [-0.15, -0.1) is 0 Å². The van der Waals surface area contributed by atoms with Crippen LogP contribution in [-0.4, -0.2) is 28.9 Å². The second-order valence-corrected chi connectivity index (χ2v) is 6.80. The van der Waals surface area contributed by atoms with Crippen molar-refractivity contribution in [2.45, 2.75) is 46.1 Å². The van der Waals surface area contributed by atoms with E-state index >= 15 is 0 Å². The highest BCUT2D eigenvalue weighted by molar-refractivity contribution is 5.98. The van der Waals surface area contributed by atoms with Gasteiger partial charge in [-0.1, -0.05) is 13.8 Å². The van der Waals surface area contributed by atoms with Crippen molar-refractivity contribution in [3.8, 4) is 0 Å². The number of carboxylic acid groups (broad SMARTS) is 1. The van der Waals surface area contributed by atoms with E-state index in [1.165, 1.54) is 0 Å². The summed E-state index contributed by atoms with van der Waals surface area (Å²) in [5, 5.41) is 14.6. The minimum Gasteiger partial charge on any atom is -0.480 e. The zero-order valence-electron chi connectivity index (χ0n) is 14.3. The van der Waals surface area contributed by atoms with Crippen LogP contribution in [0.25, 0.3) is 0 Å². The minimum absolute atomic E-state index is 0.0298. The van der Waals surface area contributed by atoms with Crippen LogP contribution in [-0.2, 0) is 9.59 Å². The van der Waals surface area contributed by atoms with Crippen molar-refractivity contribution in [2.75, 3.05) is 5.32 Å². The molecule has 24 heavy (non-hydrogen) atoms. The second kappa shape index (κ2) is 7.47. The van der Waals surface area contributed by atoms with Gasteiger partial charge in [0.25, 0.3) is 5.91 Å². The first-order valence-electron chi connectivity index (χ1n) is 8.22. The van der Waals surface area contributed by atoms with E-state index in [1.54, 1.807) is 25.1 Å². The van der Waals surface area contributed by atoms with Gasteiger partial charge in [0.2, 0.25) is 5.91 Å². The van der Waals surface area contributed by atoms with E-state index in [0.717, 1.165) is 18.4 Å². The molecule has 0 radical (unpaired) electrons. The lowest BCUT2D eigenvalue weighted by atomic mass is 10.1. The third-order valence-electron chi connectivity index (χ3n) is 4.00. The monoisotopic (exact) mass is 332 g/mol. The van der Waals surface area contributed by atoms with Crippen LogP contribution in [0.15, 0.2) is 18.2 Å². The summed E-state index contributed by atoms with van der Waals surface area (Å²) in [6.07, 6.45) is 2.09. The van der Waals surface area contributed by atoms with Crippen LogP contribution >= 0.6 is 0 Å². The fourth-order valence-corrected chi connectivity index (χ4v) is 2.55. The molecule has 1 aromatic carbocycles. The van der Waals surface area contributed by atoms with Crippen molar-refractivity contribution in [1.82, 2.24) is 5.32 Å². The lowest BCUT2D eigenvalue weighted by Crippen LogP contribution is -2.42. The molecule has 0 aliphatic heterocycles. The number of carboxylic acids is 1. The van der Waals surface area contributed by atoms with Crippen LogP contribution in [0.5, 0.6) is 0 Å². The van der Waals surface area contributed by atoms with Gasteiger partial charge in [-0.2, -0.15) is 0 Å². The maximum Gasteiger partial charge on any atom is 0.326 e. The average molecular weight is 332 g/mol. The van der Waals surface area contributed by atoms with E-state index in [-0.39, 0.29) is 17.7 Å². The molecule has 2 amide bonds. The number of carbonyl (C=O) groups is 3. The fourth-order valence-electron chi connectivity index (χ4n) is 2.55. The number of rotatable bonds is 7. The second-order valence-electron chi connectivity index (χ2n) is 6.80. The van der Waals surface area contributed by atoms with Crippen molar-refractivity contribution in [1.29, 1.82) is 0 Å². The van der Waals surface area contributed by atoms with Crippen LogP contribution in [0.2, 0.25) is 0 Å². The summed E-state index contributed by atoms with van der Waals surface area (Å²) in [4.78, 5) is 35.3. The molecule has 1 aliphatic carbocycles. The highest BCUT2D eigenvalue weighted by Crippen LogP contribution is 2.33. The largest absolute Gasteiger partial charge is 0.480 e. The molecule has 0 bridgehead atoms. The number of aryl methyl sites for hydroxylation is 1. The Morgan fingerprint density at radius 1 is 1.25 bits per heavy atom. The van der Waals surface area contributed by atoms with Crippen molar-refractivity contribution >= 4 is 23.5 Å². The molecule has 1 aromatic rings. The van der Waals surface area contributed by atoms with Gasteiger partial charge in [0.1, 0.15) is 6.04 Å². The van der Waals surface area contributed by atoms with Gasteiger partial charge >= 0.3 is 5.97 Å². The lowest BCUT2D eigenvalue weighted by molar-refractivity contribution is -0.139. The van der Waals surface area contributed by atoms with E-state index < -0.39 is 17.9 Å². The quantitative estimate of drug-likeness (QED) is 0.715. The van der Waals surface area contributed by atoms with E-state index in [9.17, 15) is 19.5 Å². The Morgan fingerprint density at radius 3 is 2.42 bits per heavy atom. The number of anilines is 1. The van der Waals surface area contributed by atoms with Crippen molar-refractivity contribution in [2.24, 2.45) is 11.8 Å². The molecule has 1 unspecified atom stereocenters. The van der Waals surface area contributed by atoms with E-state index in [1.807, 2.05) is 13.8 Å². The van der Waals surface area contributed by atoms with E-state index in [4.69, 9.17) is 0 Å². The highest BCUT2D eigenvalue weighted by atomic mass is 16.4. The molecular formula is C18H24N2O4. The zero-order valence-corrected chi connectivity index (χ0v) is 14.3. The minimum atomic E-state index is -1.000. The summed E-state index contributed by atoms with van der Waals surface area (Å²) in [5.41, 5.74) is 1.81. The number of hydrogen-bond acceptors (Lipinski definition) is 3. The molecule has 1 fully saturated rings. The molecule has 1 aliphatic rings. The molecule has 1 saturated carbocycles. The van der Waals surface area contributed by atoms with Gasteiger partial charge < -0.3 is 15.7 Å². The molecule has 0 spiro atoms. The Hall–Kier alpha value is -2.37. The molecule has 6 nitrogen and oxygen atoms in total. The standard InChI is InChI=1S/C18H24N2O4/c1-10(2)8-15(21)19-14-7-6-13(9-11(14)3)17(22)20-16(18(23)24)12-4-5-12/h6-7,9-10,12,16H,4-5,8H2,1-3H3,(H,19,21)(H,20,22)(H,23,24). The molecule has 0 heterocycles. The summed E-state index contributed by atoms with van der Waals surface area (Å²) in [6, 6.07) is 4.10. The topological polar surface area (TPSA) is 95.5 Å². The van der Waals surface area contributed by atoms with Crippen molar-refractivity contribution in [3.05, 3.63) is 29.3 Å². The van der Waals surface area contributed by atoms with Crippen LogP contribution in [0.3, 0.4) is 0 Å². The van der Waals surface area contributed by atoms with Crippen molar-refractivity contribution < 1.29 is 19.5 Å².